The van der Waals surface area contributed by atoms with Gasteiger partial charge in [-0.2, -0.15) is 5.26 Å². The number of hydrogen-bond donors (Lipinski definition) is 0. The molecule has 0 atom stereocenters. The molecule has 2 rings (SSSR count). The fourth-order valence-electron chi connectivity index (χ4n) is 1.74. The number of nitriles is 1. The lowest BCUT2D eigenvalue weighted by molar-refractivity contribution is 0.110. The molecule has 0 saturated carbocycles. The van der Waals surface area contributed by atoms with E-state index >= 15 is 0 Å². The number of aldehydes is 1. The minimum Gasteiger partial charge on any atom is -0.438 e. The SMILES string of the molecule is N#CCCN(Cc1cccnc1)c1ccc(C=O)o1. The van der Waals surface area contributed by atoms with Crippen molar-refractivity contribution in [3.05, 3.63) is 48.0 Å². The van der Waals surface area contributed by atoms with E-state index in [9.17, 15) is 4.79 Å². The van der Waals surface area contributed by atoms with Gasteiger partial charge in [0, 0.05) is 31.5 Å². The van der Waals surface area contributed by atoms with Crippen LogP contribution in [0.15, 0.2) is 41.1 Å². The van der Waals surface area contributed by atoms with E-state index in [4.69, 9.17) is 9.68 Å². The van der Waals surface area contributed by atoms with E-state index in [0.29, 0.717) is 31.7 Å². The molecule has 0 saturated heterocycles. The fraction of sp³-hybridized carbons (Fsp3) is 0.214. The summed E-state index contributed by atoms with van der Waals surface area (Å²) in [7, 11) is 0. The van der Waals surface area contributed by atoms with Gasteiger partial charge < -0.3 is 9.32 Å². The largest absolute Gasteiger partial charge is 0.438 e. The normalized spacial score (nSPS) is 9.84. The number of furan rings is 1. The number of aromatic nitrogens is 1. The van der Waals surface area contributed by atoms with Crippen LogP contribution in [-0.4, -0.2) is 17.8 Å². The maximum Gasteiger partial charge on any atom is 0.196 e. The molecule has 96 valence electrons. The van der Waals surface area contributed by atoms with Crippen molar-refractivity contribution < 1.29 is 9.21 Å². The molecular weight excluding hydrogens is 242 g/mol. The quantitative estimate of drug-likeness (QED) is 0.741. The van der Waals surface area contributed by atoms with Crippen molar-refractivity contribution in [1.29, 1.82) is 5.26 Å². The van der Waals surface area contributed by atoms with Gasteiger partial charge in [0.25, 0.3) is 0 Å². The summed E-state index contributed by atoms with van der Waals surface area (Å²) in [6.07, 6.45) is 4.52. The van der Waals surface area contributed by atoms with Gasteiger partial charge in [0.1, 0.15) is 0 Å². The van der Waals surface area contributed by atoms with Crippen molar-refractivity contribution in [2.24, 2.45) is 0 Å². The van der Waals surface area contributed by atoms with Gasteiger partial charge in [0.15, 0.2) is 17.9 Å². The first-order chi connectivity index (χ1) is 9.33. The molecule has 0 aliphatic carbocycles. The number of nitrogens with zero attached hydrogens (tertiary/aromatic N) is 3. The standard InChI is InChI=1S/C14H13N3O2/c15-6-2-8-17(10-12-3-1-7-16-9-12)14-5-4-13(11-18)19-14/h1,3-5,7,9,11H,2,8,10H2. The second-order valence-electron chi connectivity index (χ2n) is 3.98. The summed E-state index contributed by atoms with van der Waals surface area (Å²) in [6.45, 7) is 1.12. The fourth-order valence-corrected chi connectivity index (χ4v) is 1.74. The van der Waals surface area contributed by atoms with E-state index in [1.807, 2.05) is 17.0 Å². The second-order valence-corrected chi connectivity index (χ2v) is 3.98. The molecular formula is C14H13N3O2. The summed E-state index contributed by atoms with van der Waals surface area (Å²) in [6, 6.07) is 9.27. The lowest BCUT2D eigenvalue weighted by Gasteiger charge is -2.20. The average molecular weight is 255 g/mol. The van der Waals surface area contributed by atoms with Crippen LogP contribution in [0.1, 0.15) is 22.5 Å². The van der Waals surface area contributed by atoms with E-state index in [1.165, 1.54) is 0 Å². The number of carbonyl (C=O) groups excluding carboxylic acids is 1. The molecule has 0 bridgehead atoms. The Kier molecular flexibility index (Phi) is 4.29. The van der Waals surface area contributed by atoms with Crippen molar-refractivity contribution in [2.75, 3.05) is 11.4 Å². The maximum atomic E-state index is 10.6. The number of pyridine rings is 1. The first kappa shape index (κ1) is 12.8. The zero-order valence-corrected chi connectivity index (χ0v) is 10.3. The molecule has 5 nitrogen and oxygen atoms in total. The smallest absolute Gasteiger partial charge is 0.196 e. The zero-order chi connectivity index (χ0) is 13.5. The summed E-state index contributed by atoms with van der Waals surface area (Å²) in [5, 5.41) is 8.70. The monoisotopic (exact) mass is 255 g/mol. The molecule has 0 amide bonds. The Morgan fingerprint density at radius 3 is 2.95 bits per heavy atom. The van der Waals surface area contributed by atoms with Crippen LogP contribution < -0.4 is 4.90 Å². The molecule has 19 heavy (non-hydrogen) atoms. The van der Waals surface area contributed by atoms with Gasteiger partial charge in [-0.3, -0.25) is 9.78 Å². The van der Waals surface area contributed by atoms with E-state index < -0.39 is 0 Å². The van der Waals surface area contributed by atoms with Crippen LogP contribution in [0.2, 0.25) is 0 Å². The molecule has 0 radical (unpaired) electrons. The zero-order valence-electron chi connectivity index (χ0n) is 10.3. The first-order valence-corrected chi connectivity index (χ1v) is 5.89. The molecule has 0 aliphatic heterocycles. The van der Waals surface area contributed by atoms with Crippen LogP contribution in [0.3, 0.4) is 0 Å². The number of rotatable bonds is 6. The van der Waals surface area contributed by atoms with Crippen LogP contribution >= 0.6 is 0 Å². The van der Waals surface area contributed by atoms with Crippen molar-refractivity contribution in [1.82, 2.24) is 4.98 Å². The molecule has 2 aromatic rings. The van der Waals surface area contributed by atoms with Crippen LogP contribution in [0.4, 0.5) is 5.88 Å². The van der Waals surface area contributed by atoms with Crippen LogP contribution in [0, 0.1) is 11.3 Å². The molecule has 0 fully saturated rings. The highest BCUT2D eigenvalue weighted by Crippen LogP contribution is 2.20. The number of hydrogen-bond acceptors (Lipinski definition) is 5. The average Bonchev–Trinajstić information content (AvgIpc) is 2.93. The summed E-state index contributed by atoms with van der Waals surface area (Å²) in [5.74, 6) is 0.865. The Balaban J connectivity index is 2.16. The van der Waals surface area contributed by atoms with Gasteiger partial charge in [-0.05, 0) is 17.7 Å². The minimum absolute atomic E-state index is 0.281. The van der Waals surface area contributed by atoms with Gasteiger partial charge in [-0.25, -0.2) is 0 Å². The van der Waals surface area contributed by atoms with Gasteiger partial charge in [0.2, 0.25) is 0 Å². The van der Waals surface area contributed by atoms with Crippen molar-refractivity contribution in [3.63, 3.8) is 0 Å². The van der Waals surface area contributed by atoms with E-state index in [0.717, 1.165) is 5.56 Å². The molecule has 5 heteroatoms. The summed E-state index contributed by atoms with van der Waals surface area (Å²) < 4.78 is 5.39. The molecule has 0 unspecified atom stereocenters. The highest BCUT2D eigenvalue weighted by atomic mass is 16.4. The topological polar surface area (TPSA) is 70.1 Å². The molecule has 0 spiro atoms. The lowest BCUT2D eigenvalue weighted by atomic mass is 10.2. The molecule has 2 aromatic heterocycles. The van der Waals surface area contributed by atoms with E-state index in [2.05, 4.69) is 11.1 Å². The molecule has 0 aliphatic rings. The van der Waals surface area contributed by atoms with Gasteiger partial charge >= 0.3 is 0 Å². The Morgan fingerprint density at radius 1 is 1.42 bits per heavy atom. The third kappa shape index (κ3) is 3.42. The van der Waals surface area contributed by atoms with E-state index in [1.54, 1.807) is 24.5 Å². The Morgan fingerprint density at radius 2 is 2.32 bits per heavy atom. The van der Waals surface area contributed by atoms with Crippen LogP contribution in [0.5, 0.6) is 0 Å². The summed E-state index contributed by atoms with van der Waals surface area (Å²) in [5.41, 5.74) is 1.02. The molecule has 0 aromatic carbocycles. The number of carbonyl (C=O) groups is 1. The van der Waals surface area contributed by atoms with Crippen molar-refractivity contribution in [2.45, 2.75) is 13.0 Å². The van der Waals surface area contributed by atoms with Crippen LogP contribution in [-0.2, 0) is 6.54 Å². The summed E-state index contributed by atoms with van der Waals surface area (Å²) >= 11 is 0. The van der Waals surface area contributed by atoms with Crippen molar-refractivity contribution >= 4 is 12.2 Å². The Labute approximate surface area is 111 Å². The maximum absolute atomic E-state index is 10.6. The Bertz CT molecular complexity index is 572. The minimum atomic E-state index is 0.281. The van der Waals surface area contributed by atoms with E-state index in [-0.39, 0.29) is 5.76 Å². The second kappa shape index (κ2) is 6.36. The van der Waals surface area contributed by atoms with Crippen LogP contribution in [0.25, 0.3) is 0 Å². The van der Waals surface area contributed by atoms with Gasteiger partial charge in [-0.1, -0.05) is 6.07 Å². The lowest BCUT2D eigenvalue weighted by Crippen LogP contribution is -2.23. The molecule has 0 N–H and O–H groups in total. The predicted octanol–water partition coefficient (Wildman–Crippen LogP) is 2.41. The third-order valence-corrected chi connectivity index (χ3v) is 2.63. The molecule has 2 heterocycles. The highest BCUT2D eigenvalue weighted by molar-refractivity contribution is 5.71. The highest BCUT2D eigenvalue weighted by Gasteiger charge is 2.11. The first-order valence-electron chi connectivity index (χ1n) is 5.89. The van der Waals surface area contributed by atoms with Gasteiger partial charge in [0.05, 0.1) is 12.5 Å². The number of anilines is 1. The summed E-state index contributed by atoms with van der Waals surface area (Å²) in [4.78, 5) is 16.6. The third-order valence-electron chi connectivity index (χ3n) is 2.63. The predicted molar refractivity (Wildman–Crippen MR) is 69.6 cm³/mol. The Hall–Kier alpha value is -2.61. The van der Waals surface area contributed by atoms with Gasteiger partial charge in [-0.15, -0.1) is 0 Å². The van der Waals surface area contributed by atoms with Crippen molar-refractivity contribution in [3.8, 4) is 6.07 Å².